The van der Waals surface area contributed by atoms with Crippen LogP contribution in [0.4, 0.5) is 0 Å². The van der Waals surface area contributed by atoms with E-state index in [0.29, 0.717) is 0 Å². The maximum Gasteiger partial charge on any atom is 0.0162 e. The van der Waals surface area contributed by atoms with Crippen molar-refractivity contribution in [3.8, 4) is 0 Å². The third-order valence-corrected chi connectivity index (χ3v) is 4.54. The van der Waals surface area contributed by atoms with Crippen LogP contribution in [0.1, 0.15) is 45.1 Å². The van der Waals surface area contributed by atoms with Crippen LogP contribution in [-0.4, -0.2) is 5.54 Å². The maximum atomic E-state index is 6.56. The van der Waals surface area contributed by atoms with Crippen LogP contribution < -0.4 is 5.73 Å². The van der Waals surface area contributed by atoms with Crippen LogP contribution in [0, 0.1) is 11.8 Å². The highest BCUT2D eigenvalue weighted by atomic mass is 32.1. The van der Waals surface area contributed by atoms with Gasteiger partial charge in [-0.2, -0.15) is 11.3 Å². The zero-order valence-corrected chi connectivity index (χ0v) is 11.2. The average Bonchev–Trinajstić information content (AvgIpc) is 2.64. The molecule has 0 spiro atoms. The van der Waals surface area contributed by atoms with E-state index in [1.165, 1.54) is 24.8 Å². The Labute approximate surface area is 103 Å². The minimum atomic E-state index is 0.0963. The van der Waals surface area contributed by atoms with E-state index in [1.807, 2.05) is 0 Å². The van der Waals surface area contributed by atoms with Gasteiger partial charge >= 0.3 is 0 Å². The Kier molecular flexibility index (Phi) is 3.70. The summed E-state index contributed by atoms with van der Waals surface area (Å²) in [4.78, 5) is 0. The molecule has 1 saturated carbocycles. The Morgan fingerprint density at radius 1 is 1.38 bits per heavy atom. The summed E-state index contributed by atoms with van der Waals surface area (Å²) >= 11 is 1.79. The Morgan fingerprint density at radius 3 is 2.62 bits per heavy atom. The molecule has 2 heteroatoms. The highest BCUT2D eigenvalue weighted by Crippen LogP contribution is 2.36. The Morgan fingerprint density at radius 2 is 2.06 bits per heavy atom. The van der Waals surface area contributed by atoms with E-state index < -0.39 is 0 Å². The van der Waals surface area contributed by atoms with Crippen LogP contribution in [0.25, 0.3) is 0 Å². The number of aryl methyl sites for hydroxylation is 1. The summed E-state index contributed by atoms with van der Waals surface area (Å²) in [6, 6.07) is 2.23. The van der Waals surface area contributed by atoms with Gasteiger partial charge < -0.3 is 5.73 Å². The first-order valence-electron chi connectivity index (χ1n) is 6.37. The molecule has 90 valence electrons. The number of hydrogen-bond donors (Lipinski definition) is 1. The van der Waals surface area contributed by atoms with E-state index in [0.717, 1.165) is 24.7 Å². The third kappa shape index (κ3) is 3.08. The van der Waals surface area contributed by atoms with Gasteiger partial charge in [0.05, 0.1) is 0 Å². The molecule has 1 aliphatic rings. The quantitative estimate of drug-likeness (QED) is 0.849. The fourth-order valence-corrected chi connectivity index (χ4v) is 4.06. The minimum absolute atomic E-state index is 0.0963. The molecule has 1 aromatic heterocycles. The molecule has 16 heavy (non-hydrogen) atoms. The zero-order valence-electron chi connectivity index (χ0n) is 10.4. The molecule has 0 bridgehead atoms. The first-order valence-corrected chi connectivity index (χ1v) is 7.32. The van der Waals surface area contributed by atoms with Crippen molar-refractivity contribution < 1.29 is 0 Å². The number of nitrogens with two attached hydrogens (primary N) is 1. The fourth-order valence-electron chi connectivity index (χ4n) is 3.36. The van der Waals surface area contributed by atoms with Crippen LogP contribution >= 0.6 is 11.3 Å². The fraction of sp³-hybridized carbons (Fsp3) is 0.714. The minimum Gasteiger partial charge on any atom is -0.325 e. The van der Waals surface area contributed by atoms with Gasteiger partial charge in [-0.05, 0) is 66.3 Å². The molecule has 0 radical (unpaired) electrons. The predicted molar refractivity (Wildman–Crippen MR) is 71.7 cm³/mol. The molecule has 0 aromatic carbocycles. The number of thiophene rings is 1. The predicted octanol–water partition coefficient (Wildman–Crippen LogP) is 3.83. The van der Waals surface area contributed by atoms with Crippen LogP contribution in [0.2, 0.25) is 0 Å². The molecule has 2 rings (SSSR count). The van der Waals surface area contributed by atoms with Crippen molar-refractivity contribution in [2.45, 2.75) is 51.5 Å². The lowest BCUT2D eigenvalue weighted by atomic mass is 9.70. The van der Waals surface area contributed by atoms with E-state index in [9.17, 15) is 0 Å². The molecule has 1 aromatic rings. The SMILES string of the molecule is CC1CC(C)CC(N)(CCc2ccsc2)C1. The summed E-state index contributed by atoms with van der Waals surface area (Å²) in [5, 5.41) is 4.41. The van der Waals surface area contributed by atoms with Crippen molar-refractivity contribution in [2.24, 2.45) is 17.6 Å². The maximum absolute atomic E-state index is 6.56. The smallest absolute Gasteiger partial charge is 0.0162 e. The second-order valence-corrected chi connectivity index (χ2v) is 6.63. The van der Waals surface area contributed by atoms with Crippen LogP contribution in [0.15, 0.2) is 16.8 Å². The highest BCUT2D eigenvalue weighted by Gasteiger charge is 2.33. The van der Waals surface area contributed by atoms with Gasteiger partial charge in [-0.1, -0.05) is 13.8 Å². The van der Waals surface area contributed by atoms with Crippen LogP contribution in [0.5, 0.6) is 0 Å². The Hall–Kier alpha value is -0.340. The van der Waals surface area contributed by atoms with E-state index in [2.05, 4.69) is 30.7 Å². The summed E-state index contributed by atoms with van der Waals surface area (Å²) in [7, 11) is 0. The second kappa shape index (κ2) is 4.89. The average molecular weight is 237 g/mol. The Balaban J connectivity index is 1.91. The van der Waals surface area contributed by atoms with Gasteiger partial charge in [0, 0.05) is 5.54 Å². The molecule has 1 aliphatic carbocycles. The molecule has 2 unspecified atom stereocenters. The molecule has 0 saturated heterocycles. The molecular weight excluding hydrogens is 214 g/mol. The molecule has 1 nitrogen and oxygen atoms in total. The lowest BCUT2D eigenvalue weighted by Gasteiger charge is -2.40. The number of rotatable bonds is 3. The van der Waals surface area contributed by atoms with Crippen molar-refractivity contribution in [3.63, 3.8) is 0 Å². The summed E-state index contributed by atoms with van der Waals surface area (Å²) in [6.45, 7) is 4.70. The molecule has 1 fully saturated rings. The number of hydrogen-bond acceptors (Lipinski definition) is 2. The van der Waals surface area contributed by atoms with Crippen molar-refractivity contribution in [2.75, 3.05) is 0 Å². The van der Waals surface area contributed by atoms with Crippen molar-refractivity contribution in [1.82, 2.24) is 0 Å². The molecule has 2 N–H and O–H groups in total. The molecular formula is C14H23NS. The third-order valence-electron chi connectivity index (χ3n) is 3.81. The first-order chi connectivity index (χ1) is 7.57. The van der Waals surface area contributed by atoms with Crippen molar-refractivity contribution in [1.29, 1.82) is 0 Å². The highest BCUT2D eigenvalue weighted by molar-refractivity contribution is 7.07. The van der Waals surface area contributed by atoms with Crippen LogP contribution in [0.3, 0.4) is 0 Å². The monoisotopic (exact) mass is 237 g/mol. The van der Waals surface area contributed by atoms with Crippen molar-refractivity contribution >= 4 is 11.3 Å². The summed E-state index contributed by atoms with van der Waals surface area (Å²) in [6.07, 6.45) is 6.08. The van der Waals surface area contributed by atoms with Gasteiger partial charge in [-0.3, -0.25) is 0 Å². The standard InChI is InChI=1S/C14H23NS/c1-11-7-12(2)9-14(15,8-11)5-3-13-4-6-16-10-13/h4,6,10-12H,3,5,7-9,15H2,1-2H3. The first kappa shape index (κ1) is 12.1. The van der Waals surface area contributed by atoms with E-state index in [4.69, 9.17) is 5.73 Å². The Bertz CT molecular complexity index is 307. The normalized spacial score (nSPS) is 35.2. The second-order valence-electron chi connectivity index (χ2n) is 5.85. The van der Waals surface area contributed by atoms with E-state index >= 15 is 0 Å². The molecule has 2 atom stereocenters. The zero-order chi connectivity index (χ0) is 11.6. The summed E-state index contributed by atoms with van der Waals surface area (Å²) < 4.78 is 0. The van der Waals surface area contributed by atoms with E-state index in [-0.39, 0.29) is 5.54 Å². The topological polar surface area (TPSA) is 26.0 Å². The van der Waals surface area contributed by atoms with Gasteiger partial charge in [0.2, 0.25) is 0 Å². The molecule has 1 heterocycles. The molecule has 0 aliphatic heterocycles. The molecule has 0 amide bonds. The van der Waals surface area contributed by atoms with Crippen molar-refractivity contribution in [3.05, 3.63) is 22.4 Å². The lowest BCUT2D eigenvalue weighted by molar-refractivity contribution is 0.173. The van der Waals surface area contributed by atoms with Gasteiger partial charge in [0.1, 0.15) is 0 Å². The van der Waals surface area contributed by atoms with Gasteiger partial charge in [-0.15, -0.1) is 0 Å². The van der Waals surface area contributed by atoms with Crippen LogP contribution in [-0.2, 0) is 6.42 Å². The van der Waals surface area contributed by atoms with Gasteiger partial charge in [0.15, 0.2) is 0 Å². The summed E-state index contributed by atoms with van der Waals surface area (Å²) in [5.41, 5.74) is 8.12. The summed E-state index contributed by atoms with van der Waals surface area (Å²) in [5.74, 6) is 1.60. The van der Waals surface area contributed by atoms with Gasteiger partial charge in [0.25, 0.3) is 0 Å². The largest absolute Gasteiger partial charge is 0.325 e. The van der Waals surface area contributed by atoms with Gasteiger partial charge in [-0.25, -0.2) is 0 Å². The lowest BCUT2D eigenvalue weighted by Crippen LogP contribution is -2.46. The van der Waals surface area contributed by atoms with E-state index in [1.54, 1.807) is 11.3 Å².